The number of rotatable bonds is 6. The Morgan fingerprint density at radius 3 is 2.43 bits per heavy atom. The second-order valence-corrected chi connectivity index (χ2v) is 7.97. The summed E-state index contributed by atoms with van der Waals surface area (Å²) in [7, 11) is 0. The molecule has 1 fully saturated rings. The molecule has 1 saturated carbocycles. The summed E-state index contributed by atoms with van der Waals surface area (Å²) in [6.07, 6.45) is 5.27. The third-order valence-corrected chi connectivity index (χ3v) is 5.72. The zero-order valence-electron chi connectivity index (χ0n) is 17.2. The van der Waals surface area contributed by atoms with Gasteiger partial charge in [0.1, 0.15) is 0 Å². The van der Waals surface area contributed by atoms with Crippen LogP contribution in [0.25, 0.3) is 0 Å². The minimum absolute atomic E-state index is 0. The molecule has 1 amide bonds. The van der Waals surface area contributed by atoms with Crippen LogP contribution in [0.1, 0.15) is 60.2 Å². The Balaban J connectivity index is 0.00000280. The molecule has 3 rings (SSSR count). The number of amides is 1. The largest absolute Gasteiger partial charge is 0.353 e. The van der Waals surface area contributed by atoms with Gasteiger partial charge in [0.15, 0.2) is 0 Å². The lowest BCUT2D eigenvalue weighted by Gasteiger charge is -2.26. The molecule has 28 heavy (non-hydrogen) atoms. The number of hydrogen-bond acceptors (Lipinski definition) is 3. The number of nitrogens with zero attached hydrogens (tertiary/aromatic N) is 2. The lowest BCUT2D eigenvalue weighted by Crippen LogP contribution is -2.40. The van der Waals surface area contributed by atoms with Crippen LogP contribution in [-0.2, 0) is 17.8 Å². The number of aromatic nitrogens is 2. The van der Waals surface area contributed by atoms with Gasteiger partial charge >= 0.3 is 0 Å². The molecule has 1 aromatic carbocycles. The van der Waals surface area contributed by atoms with Crippen molar-refractivity contribution in [3.8, 4) is 0 Å². The van der Waals surface area contributed by atoms with Crippen molar-refractivity contribution >= 4 is 18.3 Å². The van der Waals surface area contributed by atoms with E-state index in [1.165, 1.54) is 16.7 Å². The van der Waals surface area contributed by atoms with E-state index in [0.29, 0.717) is 18.5 Å². The minimum Gasteiger partial charge on any atom is -0.353 e. The van der Waals surface area contributed by atoms with Gasteiger partial charge < -0.3 is 11.1 Å². The van der Waals surface area contributed by atoms with Crippen LogP contribution in [0.3, 0.4) is 0 Å². The normalized spacial score (nSPS) is 19.1. The molecular formula is C22H33ClN4O. The Bertz CT molecular complexity index is 777. The Morgan fingerprint density at radius 1 is 1.14 bits per heavy atom. The van der Waals surface area contributed by atoms with Crippen molar-refractivity contribution in [3.05, 3.63) is 52.3 Å². The highest BCUT2D eigenvalue weighted by atomic mass is 35.5. The molecule has 5 nitrogen and oxygen atoms in total. The fourth-order valence-electron chi connectivity index (χ4n) is 3.92. The van der Waals surface area contributed by atoms with Gasteiger partial charge in [-0.2, -0.15) is 5.10 Å². The molecule has 3 N–H and O–H groups in total. The molecule has 154 valence electrons. The first-order valence-corrected chi connectivity index (χ1v) is 10.1. The molecule has 0 unspecified atom stereocenters. The van der Waals surface area contributed by atoms with Gasteiger partial charge in [-0.3, -0.25) is 9.48 Å². The van der Waals surface area contributed by atoms with E-state index in [1.54, 1.807) is 0 Å². The lowest BCUT2D eigenvalue weighted by atomic mass is 9.91. The predicted octanol–water partition coefficient (Wildman–Crippen LogP) is 3.60. The Morgan fingerprint density at radius 2 is 1.79 bits per heavy atom. The maximum absolute atomic E-state index is 12.3. The highest BCUT2D eigenvalue weighted by Gasteiger charge is 2.20. The van der Waals surface area contributed by atoms with E-state index in [0.717, 1.165) is 50.0 Å². The highest BCUT2D eigenvalue weighted by molar-refractivity contribution is 5.85. The van der Waals surface area contributed by atoms with E-state index in [2.05, 4.69) is 48.1 Å². The molecule has 1 aliphatic rings. The third kappa shape index (κ3) is 5.82. The van der Waals surface area contributed by atoms with E-state index >= 15 is 0 Å². The molecule has 2 aromatic rings. The van der Waals surface area contributed by atoms with Gasteiger partial charge in [-0.25, -0.2) is 0 Å². The number of hydrogen-bond donors (Lipinski definition) is 2. The average molecular weight is 405 g/mol. The summed E-state index contributed by atoms with van der Waals surface area (Å²) in [5, 5.41) is 7.88. The summed E-state index contributed by atoms with van der Waals surface area (Å²) in [4.78, 5) is 12.3. The molecule has 0 spiro atoms. The van der Waals surface area contributed by atoms with Crippen LogP contribution in [-0.4, -0.2) is 27.8 Å². The first-order chi connectivity index (χ1) is 12.9. The smallest absolute Gasteiger partial charge is 0.220 e. The van der Waals surface area contributed by atoms with E-state index in [9.17, 15) is 4.79 Å². The van der Waals surface area contributed by atoms with E-state index in [1.807, 2.05) is 6.92 Å². The summed E-state index contributed by atoms with van der Waals surface area (Å²) in [6, 6.07) is 9.16. The zero-order chi connectivity index (χ0) is 19.4. The molecule has 0 saturated heterocycles. The summed E-state index contributed by atoms with van der Waals surface area (Å²) in [5.41, 5.74) is 11.8. The molecule has 0 aliphatic heterocycles. The molecule has 0 radical (unpaired) electrons. The van der Waals surface area contributed by atoms with Gasteiger partial charge in [0.2, 0.25) is 5.91 Å². The number of nitrogens with one attached hydrogen (secondary N) is 1. The van der Waals surface area contributed by atoms with Crippen LogP contribution in [0, 0.1) is 20.8 Å². The first kappa shape index (κ1) is 22.4. The fraction of sp³-hybridized carbons (Fsp3) is 0.545. The summed E-state index contributed by atoms with van der Waals surface area (Å²) in [5.74, 6) is 0.139. The van der Waals surface area contributed by atoms with Crippen LogP contribution >= 0.6 is 12.4 Å². The lowest BCUT2D eigenvalue weighted by molar-refractivity contribution is -0.122. The topological polar surface area (TPSA) is 72.9 Å². The second-order valence-electron chi connectivity index (χ2n) is 7.97. The van der Waals surface area contributed by atoms with Crippen LogP contribution in [0.2, 0.25) is 0 Å². The van der Waals surface area contributed by atoms with Gasteiger partial charge in [-0.05, 0) is 64.0 Å². The SMILES string of the molecule is Cc1ccc(Cn2nc(C)c(CCC(=O)NC3CCC(N)CC3)c2C)cc1.Cl. The van der Waals surface area contributed by atoms with Crippen molar-refractivity contribution < 1.29 is 4.79 Å². The summed E-state index contributed by atoms with van der Waals surface area (Å²) in [6.45, 7) is 7.00. The second kappa shape index (κ2) is 10.1. The number of halogens is 1. The first-order valence-electron chi connectivity index (χ1n) is 10.1. The quantitative estimate of drug-likeness (QED) is 0.772. The van der Waals surface area contributed by atoms with Crippen molar-refractivity contribution in [2.75, 3.05) is 0 Å². The standard InChI is InChI=1S/C22H32N4O.ClH/c1-15-4-6-18(7-5-15)14-26-17(3)21(16(2)25-26)12-13-22(27)24-20-10-8-19(23)9-11-20;/h4-7,19-20H,8-14,23H2,1-3H3,(H,24,27);1H. The number of carbonyl (C=O) groups is 1. The third-order valence-electron chi connectivity index (χ3n) is 5.72. The maximum atomic E-state index is 12.3. The number of aryl methyl sites for hydroxylation is 2. The molecule has 0 atom stereocenters. The van der Waals surface area contributed by atoms with Gasteiger partial charge in [0, 0.05) is 24.2 Å². The van der Waals surface area contributed by atoms with Crippen LogP contribution in [0.5, 0.6) is 0 Å². The summed E-state index contributed by atoms with van der Waals surface area (Å²) < 4.78 is 2.05. The van der Waals surface area contributed by atoms with Crippen LogP contribution in [0.15, 0.2) is 24.3 Å². The Hall–Kier alpha value is -1.85. The Labute approximate surface area is 174 Å². The molecule has 1 heterocycles. The fourth-order valence-corrected chi connectivity index (χ4v) is 3.92. The van der Waals surface area contributed by atoms with Gasteiger partial charge in [0.05, 0.1) is 12.2 Å². The van der Waals surface area contributed by atoms with Gasteiger partial charge in [-0.15, -0.1) is 12.4 Å². The Kier molecular flexibility index (Phi) is 8.08. The number of benzene rings is 1. The van der Waals surface area contributed by atoms with Crippen molar-refractivity contribution in [1.82, 2.24) is 15.1 Å². The molecule has 1 aliphatic carbocycles. The van der Waals surface area contributed by atoms with Crippen molar-refractivity contribution in [2.45, 2.75) is 77.9 Å². The monoisotopic (exact) mass is 404 g/mol. The number of carbonyl (C=O) groups excluding carboxylic acids is 1. The van der Waals surface area contributed by atoms with E-state index < -0.39 is 0 Å². The van der Waals surface area contributed by atoms with Crippen molar-refractivity contribution in [3.63, 3.8) is 0 Å². The number of nitrogens with two attached hydrogens (primary N) is 1. The average Bonchev–Trinajstić information content (AvgIpc) is 2.90. The molecule has 6 heteroatoms. The van der Waals surface area contributed by atoms with Crippen molar-refractivity contribution in [2.24, 2.45) is 5.73 Å². The van der Waals surface area contributed by atoms with Gasteiger partial charge in [0.25, 0.3) is 0 Å². The zero-order valence-corrected chi connectivity index (χ0v) is 18.0. The van der Waals surface area contributed by atoms with E-state index in [4.69, 9.17) is 10.8 Å². The minimum atomic E-state index is 0. The van der Waals surface area contributed by atoms with Gasteiger partial charge in [-0.1, -0.05) is 29.8 Å². The highest BCUT2D eigenvalue weighted by Crippen LogP contribution is 2.19. The van der Waals surface area contributed by atoms with Crippen LogP contribution in [0.4, 0.5) is 0 Å². The summed E-state index contributed by atoms with van der Waals surface area (Å²) >= 11 is 0. The predicted molar refractivity (Wildman–Crippen MR) is 116 cm³/mol. The molecule has 0 bridgehead atoms. The van der Waals surface area contributed by atoms with E-state index in [-0.39, 0.29) is 18.3 Å². The molecular weight excluding hydrogens is 372 g/mol. The molecule has 1 aromatic heterocycles. The van der Waals surface area contributed by atoms with Crippen LogP contribution < -0.4 is 11.1 Å². The van der Waals surface area contributed by atoms with Crippen molar-refractivity contribution in [1.29, 1.82) is 0 Å². The maximum Gasteiger partial charge on any atom is 0.220 e.